The number of methoxy groups -OCH3 is 1. The molecule has 1 aromatic carbocycles. The number of rotatable bonds is 6. The average Bonchev–Trinajstić information content (AvgIpc) is 2.39. The maximum absolute atomic E-state index is 12.1. The molecule has 0 saturated heterocycles. The van der Waals surface area contributed by atoms with Crippen molar-refractivity contribution in [2.45, 2.75) is 26.0 Å². The average molecular weight is 298 g/mol. The number of benzene rings is 1. The molecule has 0 aliphatic heterocycles. The molecular weight excluding hydrogens is 276 g/mol. The number of hydrogen-bond donors (Lipinski definition) is 2. The van der Waals surface area contributed by atoms with Crippen molar-refractivity contribution in [3.05, 3.63) is 18.2 Å². The summed E-state index contributed by atoms with van der Waals surface area (Å²) in [6.07, 6.45) is 0. The molecule has 3 N–H and O–H groups in total. The van der Waals surface area contributed by atoms with Gasteiger partial charge in [0.25, 0.3) is 0 Å². The summed E-state index contributed by atoms with van der Waals surface area (Å²) < 4.78 is 17.0. The fourth-order valence-corrected chi connectivity index (χ4v) is 2.85. The summed E-state index contributed by atoms with van der Waals surface area (Å²) in [4.78, 5) is 12.1. The Morgan fingerprint density at radius 2 is 2.05 bits per heavy atom. The first kappa shape index (κ1) is 16.5. The smallest absolute Gasteiger partial charge is 0.239 e. The van der Waals surface area contributed by atoms with Crippen LogP contribution in [0.1, 0.15) is 20.8 Å². The third-order valence-electron chi connectivity index (χ3n) is 2.78. The van der Waals surface area contributed by atoms with E-state index in [0.717, 1.165) is 0 Å². The number of nitrogens with one attached hydrogen (secondary N) is 1. The second kappa shape index (κ2) is 7.28. The summed E-state index contributed by atoms with van der Waals surface area (Å²) in [5.74, 6) is 1.13. The minimum absolute atomic E-state index is 0.289. The molecule has 2 atom stereocenters. The largest absolute Gasteiger partial charge is 0.497 e. The van der Waals surface area contributed by atoms with Crippen molar-refractivity contribution in [3.63, 3.8) is 0 Å². The fraction of sp³-hybridized carbons (Fsp3) is 0.500. The van der Waals surface area contributed by atoms with Gasteiger partial charge in [-0.25, -0.2) is 0 Å². The van der Waals surface area contributed by atoms with Crippen molar-refractivity contribution in [1.82, 2.24) is 0 Å². The monoisotopic (exact) mass is 298 g/mol. The summed E-state index contributed by atoms with van der Waals surface area (Å²) in [6, 6.07) is 5.01. The van der Waals surface area contributed by atoms with E-state index in [0.29, 0.717) is 22.9 Å². The molecule has 6 heteroatoms. The molecule has 0 aromatic heterocycles. The van der Waals surface area contributed by atoms with Crippen LogP contribution in [-0.2, 0) is 15.6 Å². The highest BCUT2D eigenvalue weighted by atomic mass is 32.2. The maximum Gasteiger partial charge on any atom is 0.239 e. The van der Waals surface area contributed by atoms with Gasteiger partial charge in [0.15, 0.2) is 0 Å². The molecule has 0 saturated carbocycles. The number of hydrogen-bond acceptors (Lipinski definition) is 4. The van der Waals surface area contributed by atoms with Gasteiger partial charge in [0.05, 0.1) is 18.5 Å². The van der Waals surface area contributed by atoms with E-state index in [1.807, 2.05) is 13.8 Å². The van der Waals surface area contributed by atoms with Crippen molar-refractivity contribution in [3.8, 4) is 5.75 Å². The molecule has 112 valence electrons. The van der Waals surface area contributed by atoms with E-state index in [1.165, 1.54) is 0 Å². The number of ether oxygens (including phenoxy) is 1. The lowest BCUT2D eigenvalue weighted by Gasteiger charge is -2.15. The van der Waals surface area contributed by atoms with Gasteiger partial charge in [0.2, 0.25) is 5.91 Å². The Morgan fingerprint density at radius 3 is 2.55 bits per heavy atom. The molecule has 0 heterocycles. The van der Waals surface area contributed by atoms with Crippen LogP contribution in [0.5, 0.6) is 5.75 Å². The highest BCUT2D eigenvalue weighted by Gasteiger charge is 2.21. The molecule has 0 aliphatic rings. The molecule has 0 aliphatic carbocycles. The lowest BCUT2D eigenvalue weighted by Crippen LogP contribution is -2.31. The van der Waals surface area contributed by atoms with Crippen molar-refractivity contribution in [2.75, 3.05) is 23.9 Å². The molecular formula is C14H22N2O3S. The summed E-state index contributed by atoms with van der Waals surface area (Å²) in [7, 11) is 0.357. The van der Waals surface area contributed by atoms with Crippen LogP contribution in [0.4, 0.5) is 11.4 Å². The number of amides is 1. The number of nitrogen functional groups attached to an aromatic ring is 1. The Bertz CT molecular complexity index is 503. The number of nitrogens with two attached hydrogens (primary N) is 1. The second-order valence-corrected chi connectivity index (χ2v) is 6.83. The molecule has 0 fully saturated rings. The standard InChI is InChI=1S/C14H22N2O3S/c1-9(2)8-20(18)10(3)14(17)16-13-6-5-11(19-4)7-12(13)15/h5-7,9-10H,8,15H2,1-4H3,(H,16,17). The fourth-order valence-electron chi connectivity index (χ4n) is 1.61. The summed E-state index contributed by atoms with van der Waals surface area (Å²) >= 11 is 0. The predicted octanol–water partition coefficient (Wildman–Crippen LogP) is 2.01. The van der Waals surface area contributed by atoms with E-state index in [1.54, 1.807) is 32.2 Å². The Labute approximate surface area is 122 Å². The van der Waals surface area contributed by atoms with Crippen LogP contribution in [-0.4, -0.2) is 28.2 Å². The molecule has 1 rings (SSSR count). The minimum Gasteiger partial charge on any atom is -0.497 e. The Hall–Kier alpha value is -1.56. The quantitative estimate of drug-likeness (QED) is 0.787. The Kier molecular flexibility index (Phi) is 6.01. The van der Waals surface area contributed by atoms with Gasteiger partial charge < -0.3 is 15.8 Å². The molecule has 2 unspecified atom stereocenters. The van der Waals surface area contributed by atoms with Gasteiger partial charge >= 0.3 is 0 Å². The molecule has 0 radical (unpaired) electrons. The summed E-state index contributed by atoms with van der Waals surface area (Å²) in [5.41, 5.74) is 6.75. The van der Waals surface area contributed by atoms with E-state index >= 15 is 0 Å². The van der Waals surface area contributed by atoms with E-state index in [9.17, 15) is 9.00 Å². The van der Waals surface area contributed by atoms with Gasteiger partial charge in [0.1, 0.15) is 11.0 Å². The van der Waals surface area contributed by atoms with E-state index < -0.39 is 16.0 Å². The van der Waals surface area contributed by atoms with Gasteiger partial charge in [-0.15, -0.1) is 0 Å². The van der Waals surface area contributed by atoms with E-state index in [2.05, 4.69) is 5.32 Å². The first-order valence-electron chi connectivity index (χ1n) is 6.46. The SMILES string of the molecule is COc1ccc(NC(=O)C(C)S(=O)CC(C)C)c(N)c1. The van der Waals surface area contributed by atoms with Crippen LogP contribution in [0.25, 0.3) is 0 Å². The van der Waals surface area contributed by atoms with Gasteiger partial charge in [0, 0.05) is 22.6 Å². The van der Waals surface area contributed by atoms with E-state index in [4.69, 9.17) is 10.5 Å². The molecule has 20 heavy (non-hydrogen) atoms. The zero-order valence-corrected chi connectivity index (χ0v) is 13.1. The van der Waals surface area contributed by atoms with Crippen molar-refractivity contribution < 1.29 is 13.7 Å². The van der Waals surface area contributed by atoms with Crippen LogP contribution < -0.4 is 15.8 Å². The lowest BCUT2D eigenvalue weighted by atomic mass is 10.2. The third-order valence-corrected chi connectivity index (χ3v) is 4.78. The normalized spacial score (nSPS) is 13.8. The van der Waals surface area contributed by atoms with Crippen LogP contribution >= 0.6 is 0 Å². The Balaban J connectivity index is 2.73. The topological polar surface area (TPSA) is 81.4 Å². The summed E-state index contributed by atoms with van der Waals surface area (Å²) in [6.45, 7) is 5.61. The Morgan fingerprint density at radius 1 is 1.40 bits per heavy atom. The third kappa shape index (κ3) is 4.52. The highest BCUT2D eigenvalue weighted by molar-refractivity contribution is 7.86. The number of anilines is 2. The number of carbonyl (C=O) groups is 1. The van der Waals surface area contributed by atoms with Gasteiger partial charge in [-0.05, 0) is 25.0 Å². The molecule has 1 aromatic rings. The van der Waals surface area contributed by atoms with Crippen LogP contribution in [0.15, 0.2) is 18.2 Å². The minimum atomic E-state index is -1.19. The van der Waals surface area contributed by atoms with E-state index in [-0.39, 0.29) is 11.8 Å². The van der Waals surface area contributed by atoms with Crippen LogP contribution in [0.3, 0.4) is 0 Å². The summed E-state index contributed by atoms with van der Waals surface area (Å²) in [5, 5.41) is 2.13. The lowest BCUT2D eigenvalue weighted by molar-refractivity contribution is -0.115. The zero-order chi connectivity index (χ0) is 15.3. The molecule has 0 spiro atoms. The van der Waals surface area contributed by atoms with Gasteiger partial charge in [-0.3, -0.25) is 9.00 Å². The van der Waals surface area contributed by atoms with Crippen molar-refractivity contribution in [1.29, 1.82) is 0 Å². The maximum atomic E-state index is 12.1. The second-order valence-electron chi connectivity index (χ2n) is 5.03. The van der Waals surface area contributed by atoms with Gasteiger partial charge in [-0.2, -0.15) is 0 Å². The first-order chi connectivity index (χ1) is 9.35. The van der Waals surface area contributed by atoms with Crippen molar-refractivity contribution in [2.24, 2.45) is 5.92 Å². The molecule has 0 bridgehead atoms. The van der Waals surface area contributed by atoms with Crippen molar-refractivity contribution >= 4 is 28.1 Å². The molecule has 1 amide bonds. The van der Waals surface area contributed by atoms with Gasteiger partial charge in [-0.1, -0.05) is 13.8 Å². The first-order valence-corrected chi connectivity index (χ1v) is 7.85. The van der Waals surface area contributed by atoms with Crippen LogP contribution in [0.2, 0.25) is 0 Å². The van der Waals surface area contributed by atoms with Crippen LogP contribution in [0, 0.1) is 5.92 Å². The highest BCUT2D eigenvalue weighted by Crippen LogP contribution is 2.24. The molecule has 5 nitrogen and oxygen atoms in total. The number of carbonyl (C=O) groups excluding carboxylic acids is 1. The zero-order valence-electron chi connectivity index (χ0n) is 12.3. The predicted molar refractivity (Wildman–Crippen MR) is 83.3 cm³/mol.